The molecule has 1 aliphatic heterocycles. The third-order valence-corrected chi connectivity index (χ3v) is 2.76. The SMILES string of the molecule is O=c1cc(N2CCOCC2)cnn1CCCO. The molecule has 2 rings (SSSR count). The summed E-state index contributed by atoms with van der Waals surface area (Å²) in [6, 6.07) is 1.59. The molecule has 17 heavy (non-hydrogen) atoms. The highest BCUT2D eigenvalue weighted by Gasteiger charge is 2.12. The Morgan fingerprint density at radius 2 is 2.18 bits per heavy atom. The first kappa shape index (κ1) is 12.1. The Bertz CT molecular complexity index is 413. The second-order valence-corrected chi connectivity index (χ2v) is 3.95. The van der Waals surface area contributed by atoms with Crippen LogP contribution >= 0.6 is 0 Å². The zero-order chi connectivity index (χ0) is 12.1. The molecule has 1 aromatic heterocycles. The Balaban J connectivity index is 2.09. The lowest BCUT2D eigenvalue weighted by molar-refractivity contribution is 0.122. The molecule has 6 nitrogen and oxygen atoms in total. The van der Waals surface area contributed by atoms with Crippen LogP contribution in [0, 0.1) is 0 Å². The van der Waals surface area contributed by atoms with Crippen molar-refractivity contribution < 1.29 is 9.84 Å². The van der Waals surface area contributed by atoms with Gasteiger partial charge in [0, 0.05) is 32.3 Å². The van der Waals surface area contributed by atoms with E-state index in [0.717, 1.165) is 18.8 Å². The van der Waals surface area contributed by atoms with Gasteiger partial charge in [-0.05, 0) is 6.42 Å². The molecule has 0 bridgehead atoms. The van der Waals surface area contributed by atoms with Gasteiger partial charge in [-0.2, -0.15) is 5.10 Å². The van der Waals surface area contributed by atoms with Crippen LogP contribution in [0.2, 0.25) is 0 Å². The van der Waals surface area contributed by atoms with Gasteiger partial charge in [-0.3, -0.25) is 4.79 Å². The van der Waals surface area contributed by atoms with Gasteiger partial charge in [-0.15, -0.1) is 0 Å². The summed E-state index contributed by atoms with van der Waals surface area (Å²) in [4.78, 5) is 13.8. The van der Waals surface area contributed by atoms with Crippen molar-refractivity contribution in [3.05, 3.63) is 22.6 Å². The number of rotatable bonds is 4. The molecule has 6 heteroatoms. The normalized spacial score (nSPS) is 16.2. The maximum atomic E-state index is 11.7. The van der Waals surface area contributed by atoms with E-state index in [1.54, 1.807) is 12.3 Å². The second kappa shape index (κ2) is 5.79. The highest BCUT2D eigenvalue weighted by atomic mass is 16.5. The molecule has 1 N–H and O–H groups in total. The van der Waals surface area contributed by atoms with Crippen LogP contribution in [-0.2, 0) is 11.3 Å². The zero-order valence-electron chi connectivity index (χ0n) is 9.71. The Kier molecular flexibility index (Phi) is 4.11. The monoisotopic (exact) mass is 239 g/mol. The van der Waals surface area contributed by atoms with Crippen LogP contribution in [0.25, 0.3) is 0 Å². The lowest BCUT2D eigenvalue weighted by atomic mass is 10.3. The van der Waals surface area contributed by atoms with E-state index in [-0.39, 0.29) is 12.2 Å². The lowest BCUT2D eigenvalue weighted by Gasteiger charge is -2.28. The largest absolute Gasteiger partial charge is 0.396 e. The number of anilines is 1. The van der Waals surface area contributed by atoms with Gasteiger partial charge in [0.25, 0.3) is 5.56 Å². The number of ether oxygens (including phenoxy) is 1. The summed E-state index contributed by atoms with van der Waals surface area (Å²) in [6.45, 7) is 3.49. The fourth-order valence-corrected chi connectivity index (χ4v) is 1.81. The van der Waals surface area contributed by atoms with Crippen LogP contribution in [0.5, 0.6) is 0 Å². The number of aliphatic hydroxyl groups is 1. The first-order chi connectivity index (χ1) is 8.31. The van der Waals surface area contributed by atoms with Crippen LogP contribution in [0.1, 0.15) is 6.42 Å². The summed E-state index contributed by atoms with van der Waals surface area (Å²) < 4.78 is 6.63. The predicted molar refractivity (Wildman–Crippen MR) is 63.2 cm³/mol. The minimum Gasteiger partial charge on any atom is -0.396 e. The van der Waals surface area contributed by atoms with Crippen molar-refractivity contribution in [2.24, 2.45) is 0 Å². The molecular formula is C11H17N3O3. The number of hydrogen-bond acceptors (Lipinski definition) is 5. The second-order valence-electron chi connectivity index (χ2n) is 3.95. The van der Waals surface area contributed by atoms with Crippen LogP contribution in [-0.4, -0.2) is 47.8 Å². The molecule has 1 fully saturated rings. The highest BCUT2D eigenvalue weighted by Crippen LogP contribution is 2.11. The van der Waals surface area contributed by atoms with Crippen molar-refractivity contribution in [2.45, 2.75) is 13.0 Å². The number of nitrogens with zero attached hydrogens (tertiary/aromatic N) is 3. The molecular weight excluding hydrogens is 222 g/mol. The molecule has 0 atom stereocenters. The number of morpholine rings is 1. The summed E-state index contributed by atoms with van der Waals surface area (Å²) >= 11 is 0. The van der Waals surface area contributed by atoms with Crippen molar-refractivity contribution in [1.29, 1.82) is 0 Å². The van der Waals surface area contributed by atoms with Crippen molar-refractivity contribution >= 4 is 5.69 Å². The third kappa shape index (κ3) is 3.04. The molecule has 0 unspecified atom stereocenters. The molecule has 1 aromatic rings. The van der Waals surface area contributed by atoms with Crippen LogP contribution in [0.4, 0.5) is 5.69 Å². The molecule has 0 spiro atoms. The number of aryl methyl sites for hydroxylation is 1. The van der Waals surface area contributed by atoms with Crippen molar-refractivity contribution in [3.8, 4) is 0 Å². The molecule has 0 aromatic carbocycles. The lowest BCUT2D eigenvalue weighted by Crippen LogP contribution is -2.37. The molecule has 0 radical (unpaired) electrons. The average Bonchev–Trinajstić information content (AvgIpc) is 2.38. The van der Waals surface area contributed by atoms with E-state index >= 15 is 0 Å². The van der Waals surface area contributed by atoms with Gasteiger partial charge in [0.2, 0.25) is 0 Å². The van der Waals surface area contributed by atoms with Crippen LogP contribution < -0.4 is 10.5 Å². The predicted octanol–water partition coefficient (Wildman–Crippen LogP) is -0.538. The van der Waals surface area contributed by atoms with Gasteiger partial charge in [0.05, 0.1) is 25.1 Å². The van der Waals surface area contributed by atoms with Gasteiger partial charge >= 0.3 is 0 Å². The Hall–Kier alpha value is -1.40. The van der Waals surface area contributed by atoms with E-state index in [9.17, 15) is 4.79 Å². The number of aromatic nitrogens is 2. The maximum absolute atomic E-state index is 11.7. The van der Waals surface area contributed by atoms with Gasteiger partial charge < -0.3 is 14.7 Å². The Morgan fingerprint density at radius 3 is 2.82 bits per heavy atom. The van der Waals surface area contributed by atoms with Gasteiger partial charge in [0.15, 0.2) is 0 Å². The standard InChI is InChI=1S/C11H17N3O3/c15-5-1-2-14-11(16)8-10(9-12-14)13-3-6-17-7-4-13/h8-9,15H,1-7H2. The third-order valence-electron chi connectivity index (χ3n) is 2.76. The molecule has 1 saturated heterocycles. The first-order valence-corrected chi connectivity index (χ1v) is 5.82. The fraction of sp³-hybridized carbons (Fsp3) is 0.636. The van der Waals surface area contributed by atoms with E-state index < -0.39 is 0 Å². The van der Waals surface area contributed by atoms with Crippen molar-refractivity contribution in [1.82, 2.24) is 9.78 Å². The van der Waals surface area contributed by atoms with E-state index in [0.29, 0.717) is 26.2 Å². The molecule has 94 valence electrons. The van der Waals surface area contributed by atoms with Crippen LogP contribution in [0.15, 0.2) is 17.1 Å². The minimum absolute atomic E-state index is 0.0688. The van der Waals surface area contributed by atoms with E-state index in [4.69, 9.17) is 9.84 Å². The molecule has 1 aliphatic rings. The minimum atomic E-state index is -0.123. The topological polar surface area (TPSA) is 67.6 Å². The summed E-state index contributed by atoms with van der Waals surface area (Å²) in [5, 5.41) is 12.8. The van der Waals surface area contributed by atoms with Gasteiger partial charge in [-0.25, -0.2) is 4.68 Å². The van der Waals surface area contributed by atoms with Crippen LogP contribution in [0.3, 0.4) is 0 Å². The molecule has 0 aliphatic carbocycles. The summed E-state index contributed by atoms with van der Waals surface area (Å²) in [5.41, 5.74) is 0.723. The quantitative estimate of drug-likeness (QED) is 0.764. The molecule has 0 saturated carbocycles. The Morgan fingerprint density at radius 1 is 1.41 bits per heavy atom. The van der Waals surface area contributed by atoms with E-state index in [1.165, 1.54) is 4.68 Å². The average molecular weight is 239 g/mol. The maximum Gasteiger partial charge on any atom is 0.268 e. The van der Waals surface area contributed by atoms with Gasteiger partial charge in [-0.1, -0.05) is 0 Å². The van der Waals surface area contributed by atoms with E-state index in [2.05, 4.69) is 10.00 Å². The number of aliphatic hydroxyl groups excluding tert-OH is 1. The van der Waals surface area contributed by atoms with Crippen molar-refractivity contribution in [2.75, 3.05) is 37.8 Å². The highest BCUT2D eigenvalue weighted by molar-refractivity contribution is 5.43. The first-order valence-electron chi connectivity index (χ1n) is 5.82. The smallest absolute Gasteiger partial charge is 0.268 e. The zero-order valence-corrected chi connectivity index (χ0v) is 9.71. The molecule has 0 amide bonds. The fourth-order valence-electron chi connectivity index (χ4n) is 1.81. The van der Waals surface area contributed by atoms with E-state index in [1.807, 2.05) is 0 Å². The number of hydrogen-bond donors (Lipinski definition) is 1. The summed E-state index contributed by atoms with van der Waals surface area (Å²) in [5.74, 6) is 0. The van der Waals surface area contributed by atoms with Crippen molar-refractivity contribution in [3.63, 3.8) is 0 Å². The summed E-state index contributed by atoms with van der Waals surface area (Å²) in [6.07, 6.45) is 2.24. The molecule has 2 heterocycles. The van der Waals surface area contributed by atoms with Gasteiger partial charge in [0.1, 0.15) is 0 Å². The Labute approximate surface area is 99.4 Å². The summed E-state index contributed by atoms with van der Waals surface area (Å²) in [7, 11) is 0.